The van der Waals surface area contributed by atoms with Gasteiger partial charge >= 0.3 is 0 Å². The average Bonchev–Trinajstić information content (AvgIpc) is 3.40. The monoisotopic (exact) mass is 401 g/mol. The summed E-state index contributed by atoms with van der Waals surface area (Å²) in [7, 11) is 0. The van der Waals surface area contributed by atoms with Gasteiger partial charge in [-0.2, -0.15) is 0 Å². The number of fused-ring (bicyclic) bond motifs is 2. The summed E-state index contributed by atoms with van der Waals surface area (Å²) in [6.45, 7) is 2.02. The van der Waals surface area contributed by atoms with Crippen molar-refractivity contribution in [1.29, 1.82) is 0 Å². The van der Waals surface area contributed by atoms with Crippen molar-refractivity contribution >= 4 is 17.7 Å². The first kappa shape index (κ1) is 17.8. The van der Waals surface area contributed by atoms with E-state index in [9.17, 15) is 4.79 Å². The van der Waals surface area contributed by atoms with E-state index >= 15 is 0 Å². The third-order valence-corrected chi connectivity index (χ3v) is 6.79. The zero-order valence-electron chi connectivity index (χ0n) is 15.6. The van der Waals surface area contributed by atoms with Crippen molar-refractivity contribution < 1.29 is 18.7 Å². The minimum Gasteiger partial charge on any atom is -0.454 e. The second-order valence-corrected chi connectivity index (χ2v) is 8.59. The van der Waals surface area contributed by atoms with Gasteiger partial charge in [0, 0.05) is 18.7 Å². The van der Waals surface area contributed by atoms with Crippen molar-refractivity contribution in [2.75, 3.05) is 25.6 Å². The van der Waals surface area contributed by atoms with Crippen molar-refractivity contribution in [1.82, 2.24) is 15.1 Å². The standard InChI is InChI=1S/C20H23N3O4S/c24-18(23-8-7-13-3-1-2-4-15(13)10-23)11-28-20-22-21-19(27-20)14-5-6-16-17(9-14)26-12-25-16/h5-6,9,13,15H,1-4,7-8,10-12H2/t13-,15+/m1/s1. The zero-order valence-corrected chi connectivity index (χ0v) is 16.5. The maximum Gasteiger partial charge on any atom is 0.277 e. The highest BCUT2D eigenvalue weighted by Crippen LogP contribution is 2.37. The molecular formula is C20H23N3O4S. The SMILES string of the molecule is O=C(CSc1nnc(-c2ccc3c(c2)OCO3)o1)N1CC[C@H]2CCCC[C@H]2C1. The number of piperidine rings is 1. The summed E-state index contributed by atoms with van der Waals surface area (Å²) in [6.07, 6.45) is 6.42. The van der Waals surface area contributed by atoms with E-state index in [4.69, 9.17) is 13.9 Å². The number of carbonyl (C=O) groups is 1. The molecule has 3 aliphatic rings. The Labute approximate surface area is 167 Å². The Kier molecular flexibility index (Phi) is 4.88. The summed E-state index contributed by atoms with van der Waals surface area (Å²) in [5, 5.41) is 8.58. The van der Waals surface area contributed by atoms with E-state index in [0.717, 1.165) is 31.0 Å². The molecule has 0 bridgehead atoms. The molecule has 2 aromatic rings. The Hall–Kier alpha value is -2.22. The van der Waals surface area contributed by atoms with Crippen LogP contribution in [0.3, 0.4) is 0 Å². The second-order valence-electron chi connectivity index (χ2n) is 7.66. The van der Waals surface area contributed by atoms with Crippen molar-refractivity contribution in [2.24, 2.45) is 11.8 Å². The summed E-state index contributed by atoms with van der Waals surface area (Å²) in [5.74, 6) is 3.81. The molecule has 2 aliphatic heterocycles. The summed E-state index contributed by atoms with van der Waals surface area (Å²) < 4.78 is 16.4. The van der Waals surface area contributed by atoms with Crippen LogP contribution in [-0.4, -0.2) is 46.6 Å². The molecule has 0 radical (unpaired) electrons. The van der Waals surface area contributed by atoms with E-state index in [0.29, 0.717) is 34.3 Å². The summed E-state index contributed by atoms with van der Waals surface area (Å²) in [5.41, 5.74) is 0.772. The van der Waals surface area contributed by atoms with Crippen molar-refractivity contribution in [3.63, 3.8) is 0 Å². The number of amides is 1. The van der Waals surface area contributed by atoms with E-state index in [2.05, 4.69) is 10.2 Å². The van der Waals surface area contributed by atoms with Crippen LogP contribution < -0.4 is 9.47 Å². The quantitative estimate of drug-likeness (QED) is 0.725. The van der Waals surface area contributed by atoms with Crippen LogP contribution in [0.25, 0.3) is 11.5 Å². The van der Waals surface area contributed by atoms with Gasteiger partial charge in [-0.05, 0) is 42.9 Å². The molecule has 1 amide bonds. The molecule has 28 heavy (non-hydrogen) atoms. The Bertz CT molecular complexity index is 871. The zero-order chi connectivity index (χ0) is 18.9. The molecule has 0 spiro atoms. The fourth-order valence-electron chi connectivity index (χ4n) is 4.46. The predicted octanol–water partition coefficient (Wildman–Crippen LogP) is 3.60. The van der Waals surface area contributed by atoms with Crippen LogP contribution in [0.1, 0.15) is 32.1 Å². The lowest BCUT2D eigenvalue weighted by molar-refractivity contribution is -0.131. The van der Waals surface area contributed by atoms with Gasteiger partial charge < -0.3 is 18.8 Å². The molecule has 3 heterocycles. The van der Waals surface area contributed by atoms with Gasteiger partial charge in [0.15, 0.2) is 11.5 Å². The van der Waals surface area contributed by atoms with Gasteiger partial charge in [0.1, 0.15) is 0 Å². The minimum atomic E-state index is 0.164. The topological polar surface area (TPSA) is 77.7 Å². The van der Waals surface area contributed by atoms with Crippen LogP contribution in [0.15, 0.2) is 27.8 Å². The fourth-order valence-corrected chi connectivity index (χ4v) is 5.12. The molecule has 1 saturated heterocycles. The lowest BCUT2D eigenvalue weighted by Crippen LogP contribution is -2.45. The van der Waals surface area contributed by atoms with E-state index in [1.807, 2.05) is 23.1 Å². The average molecular weight is 401 g/mol. The van der Waals surface area contributed by atoms with Crippen molar-refractivity contribution in [2.45, 2.75) is 37.3 Å². The highest BCUT2D eigenvalue weighted by atomic mass is 32.2. The molecule has 0 N–H and O–H groups in total. The highest BCUT2D eigenvalue weighted by molar-refractivity contribution is 7.99. The third kappa shape index (κ3) is 3.57. The van der Waals surface area contributed by atoms with Crippen LogP contribution >= 0.6 is 11.8 Å². The Balaban J connectivity index is 1.18. The minimum absolute atomic E-state index is 0.164. The number of thioether (sulfide) groups is 1. The molecule has 2 atom stereocenters. The van der Waals surface area contributed by atoms with E-state index in [1.165, 1.54) is 37.4 Å². The summed E-state index contributed by atoms with van der Waals surface area (Å²) in [4.78, 5) is 14.7. The first-order valence-corrected chi connectivity index (χ1v) is 10.9. The predicted molar refractivity (Wildman–Crippen MR) is 103 cm³/mol. The lowest BCUT2D eigenvalue weighted by atomic mass is 9.75. The number of aromatic nitrogens is 2. The normalized spacial score (nSPS) is 23.5. The maximum atomic E-state index is 12.6. The summed E-state index contributed by atoms with van der Waals surface area (Å²) >= 11 is 1.31. The third-order valence-electron chi connectivity index (χ3n) is 5.99. The number of carbonyl (C=O) groups excluding carboxylic acids is 1. The van der Waals surface area contributed by atoms with Gasteiger partial charge in [-0.15, -0.1) is 10.2 Å². The fraction of sp³-hybridized carbons (Fsp3) is 0.550. The number of rotatable bonds is 4. The van der Waals surface area contributed by atoms with Gasteiger partial charge in [0.25, 0.3) is 5.22 Å². The van der Waals surface area contributed by atoms with E-state index in [-0.39, 0.29) is 12.7 Å². The van der Waals surface area contributed by atoms with E-state index < -0.39 is 0 Å². The van der Waals surface area contributed by atoms with Gasteiger partial charge in [-0.3, -0.25) is 4.79 Å². The Morgan fingerprint density at radius 3 is 2.89 bits per heavy atom. The molecule has 1 saturated carbocycles. The molecule has 1 aromatic heterocycles. The second kappa shape index (κ2) is 7.66. The van der Waals surface area contributed by atoms with Crippen LogP contribution in [0.5, 0.6) is 11.5 Å². The first-order valence-electron chi connectivity index (χ1n) is 9.90. The van der Waals surface area contributed by atoms with Gasteiger partial charge in [-0.25, -0.2) is 0 Å². The van der Waals surface area contributed by atoms with Crippen LogP contribution in [0.4, 0.5) is 0 Å². The van der Waals surface area contributed by atoms with Gasteiger partial charge in [0.2, 0.25) is 18.6 Å². The molecular weight excluding hydrogens is 378 g/mol. The van der Waals surface area contributed by atoms with Crippen molar-refractivity contribution in [3.8, 4) is 23.0 Å². The number of likely N-dealkylation sites (tertiary alicyclic amines) is 1. The van der Waals surface area contributed by atoms with E-state index in [1.54, 1.807) is 0 Å². The lowest BCUT2D eigenvalue weighted by Gasteiger charge is -2.41. The molecule has 7 nitrogen and oxygen atoms in total. The number of ether oxygens (including phenoxy) is 2. The number of hydrogen-bond acceptors (Lipinski definition) is 7. The first-order chi connectivity index (χ1) is 13.8. The number of hydrogen-bond donors (Lipinski definition) is 0. The molecule has 148 valence electrons. The van der Waals surface area contributed by atoms with Crippen molar-refractivity contribution in [3.05, 3.63) is 18.2 Å². The van der Waals surface area contributed by atoms with Crippen LogP contribution in [0, 0.1) is 11.8 Å². The highest BCUT2D eigenvalue weighted by Gasteiger charge is 2.32. The summed E-state index contributed by atoms with van der Waals surface area (Å²) in [6, 6.07) is 5.51. The molecule has 8 heteroatoms. The number of benzene rings is 1. The Morgan fingerprint density at radius 1 is 1.11 bits per heavy atom. The largest absolute Gasteiger partial charge is 0.454 e. The Morgan fingerprint density at radius 2 is 1.96 bits per heavy atom. The molecule has 2 fully saturated rings. The van der Waals surface area contributed by atoms with Gasteiger partial charge in [0.05, 0.1) is 5.75 Å². The maximum absolute atomic E-state index is 12.6. The molecule has 1 aliphatic carbocycles. The number of nitrogens with zero attached hydrogens (tertiary/aromatic N) is 3. The molecule has 1 aromatic carbocycles. The molecule has 0 unspecified atom stereocenters. The van der Waals surface area contributed by atoms with Crippen LogP contribution in [0.2, 0.25) is 0 Å². The smallest absolute Gasteiger partial charge is 0.277 e. The molecule has 5 rings (SSSR count). The van der Waals surface area contributed by atoms with Crippen LogP contribution in [-0.2, 0) is 4.79 Å². The van der Waals surface area contributed by atoms with Gasteiger partial charge in [-0.1, -0.05) is 31.0 Å².